The number of carbonyl (C=O) groups excluding carboxylic acids is 1. The number of carbonyl (C=O) groups is 1. The van der Waals surface area contributed by atoms with Gasteiger partial charge in [0.05, 0.1) is 10.1 Å². The summed E-state index contributed by atoms with van der Waals surface area (Å²) in [4.78, 5) is 10.5. The van der Waals surface area contributed by atoms with Crippen LogP contribution in [0.2, 0.25) is 0 Å². The maximum Gasteiger partial charge on any atom is 0.215 e. The quantitative estimate of drug-likeness (QED) is 0.513. The molecule has 0 aromatic rings. The van der Waals surface area contributed by atoms with Gasteiger partial charge in [-0.25, -0.2) is 0 Å². The van der Waals surface area contributed by atoms with E-state index in [0.29, 0.717) is 0 Å². The van der Waals surface area contributed by atoms with Gasteiger partial charge in [0.15, 0.2) is 0 Å². The van der Waals surface area contributed by atoms with Gasteiger partial charge in [-0.15, -0.1) is 0 Å². The highest BCUT2D eigenvalue weighted by molar-refractivity contribution is 6.56. The lowest BCUT2D eigenvalue weighted by atomic mass is 10.4. The summed E-state index contributed by atoms with van der Waals surface area (Å²) in [6.07, 6.45) is 2.96. The van der Waals surface area contributed by atoms with Crippen molar-refractivity contribution < 1.29 is 4.79 Å². The molecule has 0 atom stereocenters. The zero-order chi connectivity index (χ0) is 6.15. The zero-order valence-electron chi connectivity index (χ0n) is 3.82. The van der Waals surface area contributed by atoms with Crippen molar-refractivity contribution in [3.8, 4) is 0 Å². The first-order valence-electron chi connectivity index (χ1n) is 1.99. The molecule has 1 rings (SSSR count). The summed E-state index contributed by atoms with van der Waals surface area (Å²) in [5.41, 5.74) is 0. The Labute approximate surface area is 56.6 Å². The number of hydrogen-bond acceptors (Lipinski definition) is 1. The van der Waals surface area contributed by atoms with Crippen LogP contribution in [0.5, 0.6) is 0 Å². The van der Waals surface area contributed by atoms with E-state index in [1.807, 2.05) is 0 Å². The largest absolute Gasteiger partial charge is 0.287 e. The molecule has 0 aliphatic heterocycles. The van der Waals surface area contributed by atoms with E-state index >= 15 is 0 Å². The smallest absolute Gasteiger partial charge is 0.215 e. The summed E-state index contributed by atoms with van der Waals surface area (Å²) in [6, 6.07) is 0. The summed E-state index contributed by atoms with van der Waals surface area (Å²) in [6.45, 7) is 0. The van der Waals surface area contributed by atoms with Crippen LogP contribution < -0.4 is 0 Å². The van der Waals surface area contributed by atoms with Crippen LogP contribution in [0.1, 0.15) is 0 Å². The van der Waals surface area contributed by atoms with E-state index in [1.165, 1.54) is 12.2 Å². The minimum absolute atomic E-state index is 0.190. The van der Waals surface area contributed by atoms with Crippen LogP contribution in [-0.4, -0.2) is 5.78 Å². The first-order valence-corrected chi connectivity index (χ1v) is 2.75. The molecule has 1 aliphatic rings. The molecular weight excluding hydrogens is 147 g/mol. The molecule has 1 nitrogen and oxygen atoms in total. The molecule has 8 heavy (non-hydrogen) atoms. The lowest BCUT2D eigenvalue weighted by Crippen LogP contribution is -1.90. The molecule has 0 saturated heterocycles. The summed E-state index contributed by atoms with van der Waals surface area (Å²) in [5.74, 6) is -0.284. The molecular formula is C5H2Cl2O. The highest BCUT2D eigenvalue weighted by Crippen LogP contribution is 2.19. The Hall–Kier alpha value is -0.270. The third kappa shape index (κ3) is 0.791. The maximum absolute atomic E-state index is 10.5. The first kappa shape index (κ1) is 5.86. The van der Waals surface area contributed by atoms with Crippen molar-refractivity contribution in [3.05, 3.63) is 22.2 Å². The average Bonchev–Trinajstić information content (AvgIpc) is 1.98. The van der Waals surface area contributed by atoms with Crippen molar-refractivity contribution in [1.29, 1.82) is 0 Å². The Bertz CT molecular complexity index is 171. The first-order chi connectivity index (χ1) is 3.72. The summed E-state index contributed by atoms with van der Waals surface area (Å²) in [5, 5.41) is 0.380. The van der Waals surface area contributed by atoms with Crippen LogP contribution in [-0.2, 0) is 4.79 Å². The molecule has 0 aromatic carbocycles. The molecule has 0 fully saturated rings. The molecule has 0 unspecified atom stereocenters. The predicted molar refractivity (Wildman–Crippen MR) is 32.9 cm³/mol. The Kier molecular flexibility index (Phi) is 1.41. The lowest BCUT2D eigenvalue weighted by molar-refractivity contribution is -0.110. The van der Waals surface area contributed by atoms with E-state index in [0.717, 1.165) is 0 Å². The Balaban J connectivity index is 2.92. The van der Waals surface area contributed by atoms with Crippen molar-refractivity contribution in [3.63, 3.8) is 0 Å². The second-order valence-electron chi connectivity index (χ2n) is 1.36. The molecule has 1 aliphatic carbocycles. The summed E-state index contributed by atoms with van der Waals surface area (Å²) < 4.78 is 0. The molecule has 0 saturated carbocycles. The summed E-state index contributed by atoms with van der Waals surface area (Å²) >= 11 is 10.7. The van der Waals surface area contributed by atoms with Crippen molar-refractivity contribution in [2.75, 3.05) is 0 Å². The third-order valence-electron chi connectivity index (χ3n) is 0.810. The van der Waals surface area contributed by atoms with Gasteiger partial charge in [-0.2, -0.15) is 0 Å². The molecule has 0 aromatic heterocycles. The Morgan fingerprint density at radius 2 is 1.50 bits per heavy atom. The minimum atomic E-state index is -0.284. The van der Waals surface area contributed by atoms with Gasteiger partial charge >= 0.3 is 0 Å². The highest BCUT2D eigenvalue weighted by Gasteiger charge is 2.14. The second-order valence-corrected chi connectivity index (χ2v) is 2.17. The summed E-state index contributed by atoms with van der Waals surface area (Å²) in [7, 11) is 0. The van der Waals surface area contributed by atoms with Crippen LogP contribution in [0.15, 0.2) is 22.2 Å². The Morgan fingerprint density at radius 1 is 1.12 bits per heavy atom. The SMILES string of the molecule is O=C1C(Cl)=CC=C1Cl. The second kappa shape index (κ2) is 1.92. The number of halogens is 2. The fourth-order valence-corrected chi connectivity index (χ4v) is 0.790. The van der Waals surface area contributed by atoms with Gasteiger partial charge in [-0.3, -0.25) is 4.79 Å². The topological polar surface area (TPSA) is 17.1 Å². The molecule has 0 spiro atoms. The van der Waals surface area contributed by atoms with Gasteiger partial charge < -0.3 is 0 Å². The maximum atomic E-state index is 10.5. The number of ketones is 1. The van der Waals surface area contributed by atoms with Gasteiger partial charge in [0.1, 0.15) is 0 Å². The van der Waals surface area contributed by atoms with Gasteiger partial charge in [-0.05, 0) is 12.2 Å². The van der Waals surface area contributed by atoms with E-state index in [4.69, 9.17) is 23.2 Å². The van der Waals surface area contributed by atoms with Crippen LogP contribution in [0, 0.1) is 0 Å². The van der Waals surface area contributed by atoms with E-state index < -0.39 is 0 Å². The van der Waals surface area contributed by atoms with E-state index in [9.17, 15) is 4.79 Å². The number of Topliss-reactive ketones (excluding diaryl/α,β-unsaturated/α-hetero) is 1. The van der Waals surface area contributed by atoms with Crippen LogP contribution in [0.4, 0.5) is 0 Å². The monoisotopic (exact) mass is 148 g/mol. The van der Waals surface area contributed by atoms with E-state index in [2.05, 4.69) is 0 Å². The molecule has 0 heterocycles. The average molecular weight is 149 g/mol. The standard InChI is InChI=1S/C5H2Cl2O/c6-3-1-2-4(7)5(3)8/h1-2H. The molecule has 0 bridgehead atoms. The molecule has 42 valence electrons. The minimum Gasteiger partial charge on any atom is -0.287 e. The zero-order valence-corrected chi connectivity index (χ0v) is 5.33. The van der Waals surface area contributed by atoms with Crippen LogP contribution in [0.25, 0.3) is 0 Å². The van der Waals surface area contributed by atoms with E-state index in [1.54, 1.807) is 0 Å². The number of hydrogen-bond donors (Lipinski definition) is 0. The number of rotatable bonds is 0. The van der Waals surface area contributed by atoms with Gasteiger partial charge in [0.2, 0.25) is 5.78 Å². The van der Waals surface area contributed by atoms with Crippen molar-refractivity contribution in [2.24, 2.45) is 0 Å². The van der Waals surface area contributed by atoms with Crippen molar-refractivity contribution in [2.45, 2.75) is 0 Å². The normalized spacial score (nSPS) is 18.5. The van der Waals surface area contributed by atoms with Crippen LogP contribution in [0.3, 0.4) is 0 Å². The van der Waals surface area contributed by atoms with Crippen molar-refractivity contribution in [1.82, 2.24) is 0 Å². The highest BCUT2D eigenvalue weighted by atomic mass is 35.5. The van der Waals surface area contributed by atoms with Gasteiger partial charge in [0.25, 0.3) is 0 Å². The number of allylic oxidation sites excluding steroid dienone is 4. The van der Waals surface area contributed by atoms with Gasteiger partial charge in [0, 0.05) is 0 Å². The predicted octanol–water partition coefficient (Wildman–Crippen LogP) is 1.81. The fourth-order valence-electron chi connectivity index (χ4n) is 0.412. The molecule has 0 N–H and O–H groups in total. The third-order valence-corrected chi connectivity index (χ3v) is 1.41. The van der Waals surface area contributed by atoms with Crippen molar-refractivity contribution >= 4 is 29.0 Å². The van der Waals surface area contributed by atoms with Gasteiger partial charge in [-0.1, -0.05) is 23.2 Å². The fraction of sp³-hybridized carbons (Fsp3) is 0. The molecule has 0 radical (unpaired) electrons. The molecule has 3 heteroatoms. The lowest BCUT2D eigenvalue weighted by Gasteiger charge is -1.83. The molecule has 0 amide bonds. The Morgan fingerprint density at radius 3 is 1.62 bits per heavy atom. The van der Waals surface area contributed by atoms with Crippen LogP contribution >= 0.6 is 23.2 Å². The van der Waals surface area contributed by atoms with E-state index in [-0.39, 0.29) is 15.8 Å².